The summed E-state index contributed by atoms with van der Waals surface area (Å²) >= 11 is 6.77. The molecule has 198 valence electrons. The molecule has 8 nitrogen and oxygen atoms in total. The molecule has 0 saturated carbocycles. The summed E-state index contributed by atoms with van der Waals surface area (Å²) in [5, 5.41) is 13.2. The molecule has 2 aromatic carbocycles. The normalized spacial score (nSPS) is 15.2. The first-order chi connectivity index (χ1) is 18.9. The number of aromatic nitrogens is 1. The predicted molar refractivity (Wildman–Crippen MR) is 156 cm³/mol. The predicted octanol–water partition coefficient (Wildman–Crippen LogP) is 4.83. The van der Waals surface area contributed by atoms with E-state index in [2.05, 4.69) is 11.4 Å². The van der Waals surface area contributed by atoms with Gasteiger partial charge in [-0.2, -0.15) is 5.26 Å². The van der Waals surface area contributed by atoms with Crippen LogP contribution in [0.25, 0.3) is 6.08 Å². The van der Waals surface area contributed by atoms with Crippen LogP contribution in [0, 0.1) is 18.3 Å². The van der Waals surface area contributed by atoms with Crippen LogP contribution in [0.3, 0.4) is 0 Å². The fourth-order valence-electron chi connectivity index (χ4n) is 4.60. The number of anilines is 1. The Morgan fingerprint density at radius 3 is 2.64 bits per heavy atom. The number of rotatable bonds is 8. The lowest BCUT2D eigenvalue weighted by atomic mass is 10.0. The molecule has 1 N–H and O–H groups in total. The van der Waals surface area contributed by atoms with Crippen LogP contribution in [-0.2, 0) is 24.3 Å². The molecule has 3 aromatic rings. The van der Waals surface area contributed by atoms with Crippen molar-refractivity contribution in [3.63, 3.8) is 0 Å². The number of amides is 1. The van der Waals surface area contributed by atoms with Crippen molar-refractivity contribution in [2.24, 2.45) is 0 Å². The number of ether oxygens (including phenoxy) is 2. The number of nitrogens with one attached hydrogen (secondary N) is 1. The van der Waals surface area contributed by atoms with Crippen LogP contribution in [0.1, 0.15) is 34.7 Å². The van der Waals surface area contributed by atoms with Crippen LogP contribution in [0.2, 0.25) is 0 Å². The van der Waals surface area contributed by atoms with Gasteiger partial charge >= 0.3 is 0 Å². The standard InChI is InChI=1S/C29H26N4O4S2/c1-3-32-26(31-16-20-9-10-23-24(13-20)37-17-36-23)21(18(2)22(15-30)27(32)34)14-25-28(35)33(29(38)39-25)12-11-19-7-5-4-6-8-19/h4-10,13-14,31H,3,11-12,16-17H2,1-2H3/b25-14+. The molecular formula is C29H26N4O4S2. The van der Waals surface area contributed by atoms with Gasteiger partial charge in [-0.05, 0) is 55.2 Å². The average Bonchev–Trinajstić information content (AvgIpc) is 3.52. The van der Waals surface area contributed by atoms with Gasteiger partial charge in [-0.15, -0.1) is 0 Å². The minimum absolute atomic E-state index is 0.0521. The molecule has 39 heavy (non-hydrogen) atoms. The number of benzene rings is 2. The Hall–Kier alpha value is -4.07. The third kappa shape index (κ3) is 5.28. The number of nitriles is 1. The van der Waals surface area contributed by atoms with Crippen molar-refractivity contribution >= 4 is 46.1 Å². The van der Waals surface area contributed by atoms with E-state index in [1.807, 2.05) is 55.5 Å². The Kier molecular flexibility index (Phi) is 7.72. The van der Waals surface area contributed by atoms with Crippen molar-refractivity contribution in [3.05, 3.63) is 91.6 Å². The zero-order valence-corrected chi connectivity index (χ0v) is 23.2. The van der Waals surface area contributed by atoms with Crippen molar-refractivity contribution in [1.82, 2.24) is 9.47 Å². The second-order valence-corrected chi connectivity index (χ2v) is 10.7. The lowest BCUT2D eigenvalue weighted by Gasteiger charge is -2.19. The first-order valence-electron chi connectivity index (χ1n) is 12.5. The van der Waals surface area contributed by atoms with Crippen molar-refractivity contribution in [2.75, 3.05) is 18.7 Å². The summed E-state index contributed by atoms with van der Waals surface area (Å²) in [5.74, 6) is 1.70. The van der Waals surface area contributed by atoms with Gasteiger partial charge < -0.3 is 14.8 Å². The first kappa shape index (κ1) is 26.5. The second-order valence-electron chi connectivity index (χ2n) is 9.03. The first-order valence-corrected chi connectivity index (χ1v) is 13.7. The van der Waals surface area contributed by atoms with Gasteiger partial charge in [-0.3, -0.25) is 19.1 Å². The molecule has 0 radical (unpaired) electrons. The van der Waals surface area contributed by atoms with Gasteiger partial charge in [-0.25, -0.2) is 0 Å². The van der Waals surface area contributed by atoms with Crippen LogP contribution in [0.4, 0.5) is 5.82 Å². The highest BCUT2D eigenvalue weighted by Gasteiger charge is 2.32. The fourth-order valence-corrected chi connectivity index (χ4v) is 5.89. The molecule has 5 rings (SSSR count). The number of hydrogen-bond donors (Lipinski definition) is 1. The van der Waals surface area contributed by atoms with Gasteiger partial charge in [0.1, 0.15) is 21.8 Å². The Labute approximate surface area is 235 Å². The average molecular weight is 559 g/mol. The maximum atomic E-state index is 13.4. The van der Waals surface area contributed by atoms with Gasteiger partial charge in [0.2, 0.25) is 6.79 Å². The molecule has 2 aliphatic heterocycles. The molecule has 0 atom stereocenters. The third-order valence-electron chi connectivity index (χ3n) is 6.70. The highest BCUT2D eigenvalue weighted by atomic mass is 32.2. The summed E-state index contributed by atoms with van der Waals surface area (Å²) in [6.45, 7) is 4.96. The van der Waals surface area contributed by atoms with Gasteiger partial charge in [0, 0.05) is 25.2 Å². The summed E-state index contributed by atoms with van der Waals surface area (Å²) in [7, 11) is 0. The van der Waals surface area contributed by atoms with Crippen LogP contribution in [0.15, 0.2) is 58.2 Å². The number of fused-ring (bicyclic) bond motifs is 1. The van der Waals surface area contributed by atoms with Crippen LogP contribution >= 0.6 is 24.0 Å². The molecule has 2 aliphatic rings. The number of pyridine rings is 1. The van der Waals surface area contributed by atoms with E-state index >= 15 is 0 Å². The van der Waals surface area contributed by atoms with E-state index in [1.165, 1.54) is 16.3 Å². The maximum Gasteiger partial charge on any atom is 0.270 e. The number of carbonyl (C=O) groups is 1. The van der Waals surface area contributed by atoms with Crippen LogP contribution in [0.5, 0.6) is 11.5 Å². The zero-order chi connectivity index (χ0) is 27.5. The smallest absolute Gasteiger partial charge is 0.270 e. The van der Waals surface area contributed by atoms with Crippen molar-refractivity contribution in [2.45, 2.75) is 33.4 Å². The number of thioether (sulfide) groups is 1. The monoisotopic (exact) mass is 558 g/mol. The van der Waals surface area contributed by atoms with Gasteiger partial charge in [0.25, 0.3) is 11.5 Å². The van der Waals surface area contributed by atoms with Gasteiger partial charge in [-0.1, -0.05) is 60.4 Å². The summed E-state index contributed by atoms with van der Waals surface area (Å²) < 4.78 is 12.9. The lowest BCUT2D eigenvalue weighted by Crippen LogP contribution is -2.30. The largest absolute Gasteiger partial charge is 0.454 e. The summed E-state index contributed by atoms with van der Waals surface area (Å²) in [6, 6.07) is 17.6. The molecule has 0 bridgehead atoms. The van der Waals surface area contributed by atoms with E-state index in [-0.39, 0.29) is 23.8 Å². The number of carbonyl (C=O) groups excluding carboxylic acids is 1. The highest BCUT2D eigenvalue weighted by Crippen LogP contribution is 2.36. The SMILES string of the molecule is CCn1c(NCc2ccc3c(c2)OCO3)c(/C=C2/SC(=S)N(CCc3ccccc3)C2=O)c(C)c(C#N)c1=O. The fraction of sp³-hybridized carbons (Fsp3) is 0.241. The van der Waals surface area contributed by atoms with E-state index < -0.39 is 0 Å². The molecule has 3 heterocycles. The number of thiocarbonyl (C=S) groups is 1. The quantitative estimate of drug-likeness (QED) is 0.310. The molecule has 1 aromatic heterocycles. The van der Waals surface area contributed by atoms with Crippen molar-refractivity contribution in [3.8, 4) is 17.6 Å². The minimum Gasteiger partial charge on any atom is -0.454 e. The van der Waals surface area contributed by atoms with Crippen LogP contribution < -0.4 is 20.3 Å². The Balaban J connectivity index is 1.48. The maximum absolute atomic E-state index is 13.4. The second kappa shape index (κ2) is 11.4. The van der Waals surface area contributed by atoms with Gasteiger partial charge in [0.15, 0.2) is 11.5 Å². The van der Waals surface area contributed by atoms with Crippen molar-refractivity contribution in [1.29, 1.82) is 5.26 Å². The van der Waals surface area contributed by atoms with E-state index in [1.54, 1.807) is 17.9 Å². The lowest BCUT2D eigenvalue weighted by molar-refractivity contribution is -0.122. The molecule has 1 amide bonds. The highest BCUT2D eigenvalue weighted by molar-refractivity contribution is 8.26. The van der Waals surface area contributed by atoms with Crippen molar-refractivity contribution < 1.29 is 14.3 Å². The summed E-state index contributed by atoms with van der Waals surface area (Å²) in [4.78, 5) is 28.6. The molecular weight excluding hydrogens is 532 g/mol. The van der Waals surface area contributed by atoms with E-state index in [0.717, 1.165) is 11.1 Å². The Morgan fingerprint density at radius 2 is 1.90 bits per heavy atom. The third-order valence-corrected chi connectivity index (χ3v) is 8.08. The molecule has 0 spiro atoms. The number of hydrogen-bond acceptors (Lipinski definition) is 8. The van der Waals surface area contributed by atoms with E-state index in [9.17, 15) is 14.9 Å². The summed E-state index contributed by atoms with van der Waals surface area (Å²) in [6.07, 6.45) is 2.42. The molecule has 1 fully saturated rings. The summed E-state index contributed by atoms with van der Waals surface area (Å²) in [5.41, 5.74) is 2.84. The Morgan fingerprint density at radius 1 is 1.13 bits per heavy atom. The molecule has 0 unspecified atom stereocenters. The minimum atomic E-state index is -0.377. The van der Waals surface area contributed by atoms with Crippen LogP contribution in [-0.4, -0.2) is 33.0 Å². The molecule has 1 saturated heterocycles. The topological polar surface area (TPSA) is 96.6 Å². The van der Waals surface area contributed by atoms with Gasteiger partial charge in [0.05, 0.1) is 4.91 Å². The molecule has 0 aliphatic carbocycles. The Bertz CT molecular complexity index is 1590. The molecule has 10 heteroatoms. The van der Waals surface area contributed by atoms with E-state index in [4.69, 9.17) is 21.7 Å². The van der Waals surface area contributed by atoms with E-state index in [0.29, 0.717) is 63.7 Å². The zero-order valence-electron chi connectivity index (χ0n) is 21.5. The number of nitrogens with zero attached hydrogens (tertiary/aromatic N) is 3.